The molecule has 2 rings (SSSR count). The van der Waals surface area contributed by atoms with E-state index in [0.29, 0.717) is 13.0 Å². The number of nitrogens with one attached hydrogen (secondary N) is 1. The highest BCUT2D eigenvalue weighted by molar-refractivity contribution is 5.33. The number of aliphatic hydroxyl groups is 1. The molecule has 1 heterocycles. The normalized spacial score (nSPS) is 12.1. The standard InChI is InChI=1S/C14H16N2O/c17-13(10-12-6-2-1-3-7-12)11-16-14-8-4-5-9-15-14/h1-9,13,17H,10-11H2,(H,15,16). The molecule has 0 saturated carbocycles. The monoisotopic (exact) mass is 228 g/mol. The average Bonchev–Trinajstić information content (AvgIpc) is 2.39. The van der Waals surface area contributed by atoms with Gasteiger partial charge in [-0.05, 0) is 17.7 Å². The van der Waals surface area contributed by atoms with Gasteiger partial charge in [-0.25, -0.2) is 4.98 Å². The first-order valence-electron chi connectivity index (χ1n) is 5.71. The van der Waals surface area contributed by atoms with Gasteiger partial charge in [-0.15, -0.1) is 0 Å². The molecule has 0 radical (unpaired) electrons. The van der Waals surface area contributed by atoms with E-state index in [1.165, 1.54) is 0 Å². The van der Waals surface area contributed by atoms with Gasteiger partial charge in [-0.3, -0.25) is 0 Å². The molecule has 2 N–H and O–H groups in total. The lowest BCUT2D eigenvalue weighted by molar-refractivity contribution is 0.188. The maximum atomic E-state index is 9.87. The van der Waals surface area contributed by atoms with Crippen LogP contribution in [0.5, 0.6) is 0 Å². The Labute approximate surface area is 101 Å². The van der Waals surface area contributed by atoms with Crippen LogP contribution in [0.4, 0.5) is 5.82 Å². The number of aliphatic hydroxyl groups excluding tert-OH is 1. The molecule has 0 saturated heterocycles. The van der Waals surface area contributed by atoms with Crippen LogP contribution in [-0.4, -0.2) is 22.7 Å². The van der Waals surface area contributed by atoms with Crippen molar-refractivity contribution in [1.29, 1.82) is 0 Å². The molecule has 17 heavy (non-hydrogen) atoms. The molecule has 0 amide bonds. The third kappa shape index (κ3) is 3.89. The Balaban J connectivity index is 1.80. The van der Waals surface area contributed by atoms with Gasteiger partial charge in [0, 0.05) is 19.2 Å². The fraction of sp³-hybridized carbons (Fsp3) is 0.214. The zero-order valence-electron chi connectivity index (χ0n) is 9.58. The molecule has 0 aliphatic rings. The Bertz CT molecular complexity index is 430. The molecular formula is C14H16N2O. The van der Waals surface area contributed by atoms with Gasteiger partial charge >= 0.3 is 0 Å². The fourth-order valence-electron chi connectivity index (χ4n) is 1.65. The Morgan fingerprint density at radius 2 is 1.82 bits per heavy atom. The molecule has 2 aromatic rings. The van der Waals surface area contributed by atoms with Crippen LogP contribution < -0.4 is 5.32 Å². The van der Waals surface area contributed by atoms with Crippen molar-refractivity contribution in [2.75, 3.05) is 11.9 Å². The summed E-state index contributed by atoms with van der Waals surface area (Å²) in [5, 5.41) is 13.0. The Morgan fingerprint density at radius 1 is 1.06 bits per heavy atom. The number of anilines is 1. The van der Waals surface area contributed by atoms with Crippen LogP contribution in [0.15, 0.2) is 54.7 Å². The second-order valence-corrected chi connectivity index (χ2v) is 3.94. The number of hydrogen-bond donors (Lipinski definition) is 2. The Kier molecular flexibility index (Phi) is 4.11. The first kappa shape index (κ1) is 11.6. The number of hydrogen-bond acceptors (Lipinski definition) is 3. The van der Waals surface area contributed by atoms with E-state index in [1.807, 2.05) is 48.5 Å². The summed E-state index contributed by atoms with van der Waals surface area (Å²) in [5.74, 6) is 0.791. The fourth-order valence-corrected chi connectivity index (χ4v) is 1.65. The quantitative estimate of drug-likeness (QED) is 0.823. The minimum Gasteiger partial charge on any atom is -0.391 e. The topological polar surface area (TPSA) is 45.1 Å². The molecule has 0 spiro atoms. The van der Waals surface area contributed by atoms with E-state index >= 15 is 0 Å². The third-order valence-corrected chi connectivity index (χ3v) is 2.50. The van der Waals surface area contributed by atoms with Gasteiger partial charge in [0.15, 0.2) is 0 Å². The summed E-state index contributed by atoms with van der Waals surface area (Å²) in [6, 6.07) is 15.6. The summed E-state index contributed by atoms with van der Waals surface area (Å²) in [5.41, 5.74) is 1.14. The van der Waals surface area contributed by atoms with Crippen molar-refractivity contribution in [3.8, 4) is 0 Å². The number of benzene rings is 1. The molecular weight excluding hydrogens is 212 g/mol. The highest BCUT2D eigenvalue weighted by atomic mass is 16.3. The second kappa shape index (κ2) is 6.01. The molecule has 1 unspecified atom stereocenters. The number of nitrogens with zero attached hydrogens (tertiary/aromatic N) is 1. The lowest BCUT2D eigenvalue weighted by Gasteiger charge is -2.12. The molecule has 1 aromatic carbocycles. The molecule has 88 valence electrons. The number of rotatable bonds is 5. The molecule has 1 aromatic heterocycles. The van der Waals surface area contributed by atoms with Gasteiger partial charge < -0.3 is 10.4 Å². The molecule has 0 aliphatic heterocycles. The SMILES string of the molecule is OC(CNc1ccccn1)Cc1ccccc1. The molecule has 0 fully saturated rings. The van der Waals surface area contributed by atoms with Gasteiger partial charge in [0.1, 0.15) is 5.82 Å². The highest BCUT2D eigenvalue weighted by Crippen LogP contribution is 2.05. The van der Waals surface area contributed by atoms with E-state index in [4.69, 9.17) is 0 Å². The van der Waals surface area contributed by atoms with Crippen molar-refractivity contribution in [2.45, 2.75) is 12.5 Å². The van der Waals surface area contributed by atoms with Crippen LogP contribution in [0.25, 0.3) is 0 Å². The summed E-state index contributed by atoms with van der Waals surface area (Å²) >= 11 is 0. The van der Waals surface area contributed by atoms with Crippen molar-refractivity contribution in [2.24, 2.45) is 0 Å². The maximum absolute atomic E-state index is 9.87. The smallest absolute Gasteiger partial charge is 0.125 e. The molecule has 1 atom stereocenters. The highest BCUT2D eigenvalue weighted by Gasteiger charge is 2.05. The minimum atomic E-state index is -0.403. The molecule has 0 bridgehead atoms. The van der Waals surface area contributed by atoms with Gasteiger partial charge in [0.2, 0.25) is 0 Å². The van der Waals surface area contributed by atoms with Crippen molar-refractivity contribution in [1.82, 2.24) is 4.98 Å². The van der Waals surface area contributed by atoms with Crippen molar-refractivity contribution < 1.29 is 5.11 Å². The number of pyridine rings is 1. The van der Waals surface area contributed by atoms with Gasteiger partial charge in [-0.1, -0.05) is 36.4 Å². The summed E-state index contributed by atoms with van der Waals surface area (Å²) in [6.07, 6.45) is 1.98. The largest absolute Gasteiger partial charge is 0.391 e. The maximum Gasteiger partial charge on any atom is 0.125 e. The van der Waals surface area contributed by atoms with E-state index in [0.717, 1.165) is 11.4 Å². The van der Waals surface area contributed by atoms with Gasteiger partial charge in [0.05, 0.1) is 6.10 Å². The van der Waals surface area contributed by atoms with Gasteiger partial charge in [-0.2, -0.15) is 0 Å². The van der Waals surface area contributed by atoms with Crippen LogP contribution in [0, 0.1) is 0 Å². The Morgan fingerprint density at radius 3 is 2.53 bits per heavy atom. The summed E-state index contributed by atoms with van der Waals surface area (Å²) in [7, 11) is 0. The van der Waals surface area contributed by atoms with E-state index in [-0.39, 0.29) is 0 Å². The predicted octanol–water partition coefficient (Wildman–Crippen LogP) is 2.10. The van der Waals surface area contributed by atoms with Crippen LogP contribution in [0.1, 0.15) is 5.56 Å². The van der Waals surface area contributed by atoms with E-state index in [2.05, 4.69) is 10.3 Å². The van der Waals surface area contributed by atoms with Crippen LogP contribution in [-0.2, 0) is 6.42 Å². The lowest BCUT2D eigenvalue weighted by Crippen LogP contribution is -2.22. The molecule has 0 aliphatic carbocycles. The second-order valence-electron chi connectivity index (χ2n) is 3.94. The van der Waals surface area contributed by atoms with Crippen molar-refractivity contribution >= 4 is 5.82 Å². The summed E-state index contributed by atoms with van der Waals surface area (Å²) in [6.45, 7) is 0.506. The zero-order valence-corrected chi connectivity index (χ0v) is 9.58. The van der Waals surface area contributed by atoms with Crippen LogP contribution >= 0.6 is 0 Å². The van der Waals surface area contributed by atoms with Crippen molar-refractivity contribution in [3.63, 3.8) is 0 Å². The lowest BCUT2D eigenvalue weighted by atomic mass is 10.1. The zero-order chi connectivity index (χ0) is 11.9. The van der Waals surface area contributed by atoms with Crippen LogP contribution in [0.2, 0.25) is 0 Å². The van der Waals surface area contributed by atoms with E-state index in [9.17, 15) is 5.11 Å². The average molecular weight is 228 g/mol. The van der Waals surface area contributed by atoms with E-state index in [1.54, 1.807) is 6.20 Å². The first-order valence-corrected chi connectivity index (χ1v) is 5.71. The van der Waals surface area contributed by atoms with Crippen LogP contribution in [0.3, 0.4) is 0 Å². The molecule has 3 nitrogen and oxygen atoms in total. The number of aromatic nitrogens is 1. The van der Waals surface area contributed by atoms with Crippen molar-refractivity contribution in [3.05, 3.63) is 60.3 Å². The first-order chi connectivity index (χ1) is 8.34. The molecule has 3 heteroatoms. The summed E-state index contributed by atoms with van der Waals surface area (Å²) in [4.78, 5) is 4.14. The predicted molar refractivity (Wildman–Crippen MR) is 68.9 cm³/mol. The third-order valence-electron chi connectivity index (χ3n) is 2.50. The van der Waals surface area contributed by atoms with Gasteiger partial charge in [0.25, 0.3) is 0 Å². The van der Waals surface area contributed by atoms with E-state index < -0.39 is 6.10 Å². The summed E-state index contributed by atoms with van der Waals surface area (Å²) < 4.78 is 0. The Hall–Kier alpha value is -1.87. The minimum absolute atomic E-state index is 0.403.